The number of rotatable bonds is 14. The smallest absolute Gasteiger partial charge is 0.423 e. The summed E-state index contributed by atoms with van der Waals surface area (Å²) in [5.74, 6) is 1.16. The third-order valence-electron chi connectivity index (χ3n) is 27.2. The number of hydrogen-bond donors (Lipinski definition) is 2. The van der Waals surface area contributed by atoms with Gasteiger partial charge >= 0.3 is 28.3 Å². The molecule has 5 aliphatic carbocycles. The molecule has 35 heteroatoms. The number of hydrogen-bond acceptors (Lipinski definition) is 21. The maximum atomic E-state index is 14.1. The number of nitrogens with zero attached hydrogens (tertiary/aromatic N) is 17. The molecule has 2 N–H and O–H groups in total. The Bertz CT molecular complexity index is 6680. The van der Waals surface area contributed by atoms with Crippen LogP contribution in [0.15, 0.2) is 194 Å². The molecule has 3 aliphatic heterocycles. The fourth-order valence-corrected chi connectivity index (χ4v) is 16.2. The highest BCUT2D eigenvalue weighted by Crippen LogP contribution is 2.50. The molecule has 5 saturated carbocycles. The van der Waals surface area contributed by atoms with Gasteiger partial charge in [-0.3, -0.25) is 43.9 Å². The average molecular weight is 2040 g/mol. The molecule has 0 amide bonds. The van der Waals surface area contributed by atoms with Crippen LogP contribution in [0.5, 0.6) is 0 Å². The number of fused-ring (bicyclic) bond motifs is 4. The first kappa shape index (κ1) is 101. The molecule has 0 atom stereocenters. The monoisotopic (exact) mass is 2030 g/mol. The number of aromatic nitrogens is 15. The van der Waals surface area contributed by atoms with Crippen LogP contribution in [-0.4, -0.2) is 145 Å². The Kier molecular flexibility index (Phi) is 29.6. The number of halogens is 4. The van der Waals surface area contributed by atoms with Gasteiger partial charge in [0.2, 0.25) is 0 Å². The minimum atomic E-state index is -1.41. The summed E-state index contributed by atoms with van der Waals surface area (Å²) in [6.07, 6.45) is 28.0. The summed E-state index contributed by atoms with van der Waals surface area (Å²) >= 11 is 16.4. The van der Waals surface area contributed by atoms with E-state index in [0.717, 1.165) is 113 Å². The van der Waals surface area contributed by atoms with Crippen molar-refractivity contribution in [1.29, 1.82) is 10.5 Å². The summed E-state index contributed by atoms with van der Waals surface area (Å²) < 4.78 is 48.4. The van der Waals surface area contributed by atoms with Gasteiger partial charge < -0.3 is 47.1 Å². The highest BCUT2D eigenvalue weighted by atomic mass is 79.9. The Morgan fingerprint density at radius 2 is 0.889 bits per heavy atom. The van der Waals surface area contributed by atoms with E-state index in [4.69, 9.17) is 59.7 Å². The van der Waals surface area contributed by atoms with Crippen molar-refractivity contribution in [3.63, 3.8) is 0 Å². The van der Waals surface area contributed by atoms with E-state index in [1.54, 1.807) is 40.1 Å². The van der Waals surface area contributed by atoms with E-state index in [0.29, 0.717) is 72.8 Å². The normalized spacial score (nSPS) is 18.4. The van der Waals surface area contributed by atoms with Crippen LogP contribution in [0.4, 0.5) is 0 Å². The van der Waals surface area contributed by atoms with Crippen molar-refractivity contribution >= 4 is 143 Å². The number of benzene rings is 2. The molecule has 702 valence electrons. The van der Waals surface area contributed by atoms with Crippen LogP contribution in [-0.2, 0) is 71.4 Å². The van der Waals surface area contributed by atoms with Crippen molar-refractivity contribution < 1.29 is 38.0 Å². The van der Waals surface area contributed by atoms with E-state index in [9.17, 15) is 20.1 Å². The van der Waals surface area contributed by atoms with Crippen LogP contribution in [0.1, 0.15) is 222 Å². The molecule has 135 heavy (non-hydrogen) atoms. The Labute approximate surface area is 820 Å². The summed E-state index contributed by atoms with van der Waals surface area (Å²) in [5, 5.41) is 57.1. The van der Waals surface area contributed by atoms with Crippen LogP contribution in [0.3, 0.4) is 0 Å². The van der Waals surface area contributed by atoms with Crippen LogP contribution < -0.4 is 16.6 Å². The van der Waals surface area contributed by atoms with Gasteiger partial charge in [0, 0.05) is 157 Å². The van der Waals surface area contributed by atoms with Gasteiger partial charge in [0.05, 0.1) is 89.4 Å². The van der Waals surface area contributed by atoms with E-state index in [1.165, 1.54) is 59.8 Å². The van der Waals surface area contributed by atoms with Crippen LogP contribution >= 0.6 is 59.4 Å². The van der Waals surface area contributed by atoms with Crippen LogP contribution in [0.25, 0.3) is 71.9 Å². The summed E-state index contributed by atoms with van der Waals surface area (Å²) in [4.78, 5) is 48.6. The molecule has 11 aromatic heterocycles. The lowest BCUT2D eigenvalue weighted by Gasteiger charge is -2.32. The van der Waals surface area contributed by atoms with Gasteiger partial charge in [0.15, 0.2) is 0 Å². The maximum Gasteiger partial charge on any atom is 0.490 e. The van der Waals surface area contributed by atoms with Crippen molar-refractivity contribution in [2.45, 2.75) is 252 Å². The minimum absolute atomic E-state index is 0.0911. The van der Waals surface area contributed by atoms with E-state index in [1.807, 2.05) is 226 Å². The fraction of sp³-hybridized carbons (Fsp3) is 0.430. The van der Waals surface area contributed by atoms with Crippen molar-refractivity contribution in [1.82, 2.24) is 73.2 Å². The van der Waals surface area contributed by atoms with Gasteiger partial charge in [0.1, 0.15) is 28.2 Å². The Morgan fingerprint density at radius 3 is 1.24 bits per heavy atom. The standard InChI is InChI=1S/C28H25N7O.C19H15ClN6O.C12H24B2O4.C9H12BNO2.C9H17BO2.C9H10BrN.C8H8BrN.C6H6BrN/c1-28(9-10-28)23-8-5-18(13-30-23)24-26-25(20(12-29)16-34(26)14-17-3-4-17)32-35(27(24)36)21-6-7-22-19(11-21)15-33(2)31-22;1-24-9-12-6-14(4-5-15(12)22-24)26-19(27)16(20)18-17(23-26)13(7-21)10-25(18)8-11-2-3-11;1-9(2)10(3,4)16-13(15-9)14-17-11(5,6)12(7,8)18-14;1-9(4-5-9)8-3-2-7(6-11-8)10(12)13;1-7(2)10-11-8(3,4)9(5,6)12-10;1-9(4-5-9)8-3-2-7(10)6-11-8;1-6(2)8-4-3-7(9)5-10-8;1-5-2-3-6(7)4-8-5/h5-8,11,13,15-17H,3-4,9-10,14H2,1-2H3;4-6,9-11H,2-3,8H2,1H3;1-8H3;2-3,6,12-13H,4-5H2,1H3;1H2,2-6H3;2-3,6H,4-5H2,1H3;3-5H,1H2,2H3;2-4H,1H3. The molecule has 3 saturated heterocycles. The second-order valence-corrected chi connectivity index (χ2v) is 43.5. The summed E-state index contributed by atoms with van der Waals surface area (Å²) in [5.41, 5.74) is 13.3. The summed E-state index contributed by atoms with van der Waals surface area (Å²) in [6, 6.07) is 35.2. The average Bonchev–Trinajstić information content (AvgIpc) is 1.61. The van der Waals surface area contributed by atoms with Crippen molar-refractivity contribution in [3.8, 4) is 34.6 Å². The molecule has 0 radical (unpaired) electrons. The lowest BCUT2D eigenvalue weighted by molar-refractivity contribution is 0.00578. The predicted molar refractivity (Wildman–Crippen MR) is 544 cm³/mol. The lowest BCUT2D eigenvalue weighted by Crippen LogP contribution is -2.41. The molecule has 13 aromatic rings. The highest BCUT2D eigenvalue weighted by Gasteiger charge is 2.64. The zero-order valence-electron chi connectivity index (χ0n) is 80.6. The molecule has 2 aromatic carbocycles. The quantitative estimate of drug-likeness (QED) is 0.0955. The molecule has 8 aliphatic rings. The van der Waals surface area contributed by atoms with Gasteiger partial charge in [-0.2, -0.15) is 40.3 Å². The highest BCUT2D eigenvalue weighted by molar-refractivity contribution is 9.11. The topological polar surface area (TPSA) is 323 Å². The third-order valence-corrected chi connectivity index (χ3v) is 28.9. The molecular weight excluding hydrogens is 1920 g/mol. The van der Waals surface area contributed by atoms with Gasteiger partial charge in [-0.1, -0.05) is 56.6 Å². The number of aryl methyl sites for hydroxylation is 3. The number of allylic oxidation sites excluding steroid dienone is 2. The number of pyridine rings is 5. The SMILES string of the molecule is C=C(C)B1OC(C)(C)C(C)(C)O1.C=C(C)c1ccc(Br)cn1.CC1(C)OB(B2OC(C)(C)C(C)(C)O2)OC1(C)C.CC1(c2ccc(B(O)O)cn2)CC1.CC1(c2ccc(Br)cn2)CC1.Cc1ccc(Br)cn1.Cn1cc2cc(-n3nc4c(C#N)cn(CC5CC5)c4c(-c4ccc(C5(C)CC5)nc4)c3=O)ccc2n1.Cn1cc2cc(-n3nc4c(C#N)cn(CC5CC5)c4c(Cl)c3=O)ccc2n1. The Morgan fingerprint density at radius 1 is 0.496 bits per heavy atom. The minimum Gasteiger partial charge on any atom is -0.423 e. The van der Waals surface area contributed by atoms with E-state index in [2.05, 4.69) is 146 Å². The number of nitriles is 2. The van der Waals surface area contributed by atoms with E-state index < -0.39 is 26.7 Å². The molecule has 0 unspecified atom stereocenters. The molecular formula is C100H117B4Br3ClN17O10. The molecule has 8 fully saturated rings. The molecule has 27 nitrogen and oxygen atoms in total. The maximum absolute atomic E-state index is 14.1. The van der Waals surface area contributed by atoms with Crippen molar-refractivity contribution in [3.05, 3.63) is 250 Å². The second-order valence-electron chi connectivity index (χ2n) is 40.4. The zero-order chi connectivity index (χ0) is 97.8. The Hall–Kier alpha value is -9.90. The van der Waals surface area contributed by atoms with Gasteiger partial charge in [0.25, 0.3) is 11.1 Å². The second kappa shape index (κ2) is 39.5. The van der Waals surface area contributed by atoms with Gasteiger partial charge in [-0.25, -0.2) is 0 Å². The lowest BCUT2D eigenvalue weighted by atomic mass is 9.49. The first-order chi connectivity index (χ1) is 63.4. The molecule has 0 bridgehead atoms. The fourth-order valence-electron chi connectivity index (χ4n) is 15.2. The first-order valence-electron chi connectivity index (χ1n) is 45.6. The Balaban J connectivity index is 0.000000131. The van der Waals surface area contributed by atoms with Gasteiger partial charge in [-0.05, 0) is 318 Å². The summed E-state index contributed by atoms with van der Waals surface area (Å²) in [6.45, 7) is 46.0. The summed E-state index contributed by atoms with van der Waals surface area (Å²) in [7, 11) is 1.11. The zero-order valence-corrected chi connectivity index (χ0v) is 86.1. The largest absolute Gasteiger partial charge is 0.490 e. The predicted octanol–water partition coefficient (Wildman–Crippen LogP) is 19.7. The van der Waals surface area contributed by atoms with E-state index in [-0.39, 0.29) is 62.1 Å². The van der Waals surface area contributed by atoms with Crippen LogP contribution in [0, 0.1) is 41.4 Å². The van der Waals surface area contributed by atoms with E-state index >= 15 is 0 Å². The molecule has 21 rings (SSSR count). The molecule has 0 spiro atoms. The first-order valence-corrected chi connectivity index (χ1v) is 48.3. The van der Waals surface area contributed by atoms with Gasteiger partial charge in [-0.15, -0.1) is 6.58 Å². The van der Waals surface area contributed by atoms with Crippen molar-refractivity contribution in [2.24, 2.45) is 25.9 Å². The molecule has 14 heterocycles. The van der Waals surface area contributed by atoms with Crippen LogP contribution in [0.2, 0.25) is 5.02 Å². The third kappa shape index (κ3) is 23.2. The van der Waals surface area contributed by atoms with Crippen molar-refractivity contribution in [2.75, 3.05) is 0 Å².